The molecule has 0 heterocycles. The number of rotatable bonds is 2. The van der Waals surface area contributed by atoms with Crippen LogP contribution in [-0.4, -0.2) is 5.97 Å². The predicted molar refractivity (Wildman–Crippen MR) is 62.0 cm³/mol. The Balaban J connectivity index is 0.00000162. The van der Waals surface area contributed by atoms with Crippen LogP contribution in [0.1, 0.15) is 32.6 Å². The summed E-state index contributed by atoms with van der Waals surface area (Å²) in [6, 6.07) is 6.52. The average molecular weight is 321 g/mol. The van der Waals surface area contributed by atoms with Crippen molar-refractivity contribution in [3.05, 3.63) is 30.1 Å². The van der Waals surface area contributed by atoms with E-state index in [1.165, 1.54) is 12.1 Å². The van der Waals surface area contributed by atoms with E-state index in [1.807, 2.05) is 0 Å². The van der Waals surface area contributed by atoms with Crippen LogP contribution in [0.5, 0.6) is 5.75 Å². The van der Waals surface area contributed by atoms with Gasteiger partial charge in [-0.25, -0.2) is 4.39 Å². The van der Waals surface area contributed by atoms with E-state index in [0.29, 0.717) is 5.92 Å². The minimum Gasteiger partial charge on any atom is -0.453 e. The molecule has 1 aromatic carbocycles. The molecule has 0 radical (unpaired) electrons. The zero-order chi connectivity index (χ0) is 12.3. The standard InChI is InChI=1S/C14H16FO2.Rb/c1-10-5-7-11(8-6-10)14(16)17-13-4-2-3-12(15)9-13;/h2,4,9-11H,5-8H2,1H3;/q-1;+1. The summed E-state index contributed by atoms with van der Waals surface area (Å²) in [6.07, 6.45) is 3.89. The van der Waals surface area contributed by atoms with Crippen molar-refractivity contribution in [1.29, 1.82) is 0 Å². The van der Waals surface area contributed by atoms with E-state index in [1.54, 1.807) is 6.07 Å². The van der Waals surface area contributed by atoms with E-state index < -0.39 is 5.82 Å². The van der Waals surface area contributed by atoms with Gasteiger partial charge in [0, 0.05) is 11.6 Å². The molecule has 2 nitrogen and oxygen atoms in total. The molecule has 0 bridgehead atoms. The Labute approximate surface area is 156 Å². The number of carbonyl (C=O) groups is 1. The average Bonchev–Trinajstić information content (AvgIpc) is 2.29. The molecule has 0 unspecified atom stereocenters. The second kappa shape index (κ2) is 7.88. The van der Waals surface area contributed by atoms with Gasteiger partial charge in [0.2, 0.25) is 0 Å². The Morgan fingerprint density at radius 2 is 2.06 bits per heavy atom. The van der Waals surface area contributed by atoms with Crippen molar-refractivity contribution in [2.45, 2.75) is 32.6 Å². The molecule has 0 saturated heterocycles. The van der Waals surface area contributed by atoms with Gasteiger partial charge in [-0.2, -0.15) is 6.07 Å². The topological polar surface area (TPSA) is 26.3 Å². The molecule has 0 aromatic heterocycles. The van der Waals surface area contributed by atoms with Crippen LogP contribution < -0.4 is 62.9 Å². The van der Waals surface area contributed by atoms with Crippen LogP contribution in [0.3, 0.4) is 0 Å². The summed E-state index contributed by atoms with van der Waals surface area (Å²) in [5.74, 6) is 0.196. The second-order valence-corrected chi connectivity index (χ2v) is 4.75. The first-order chi connectivity index (χ1) is 8.15. The first kappa shape index (κ1) is 16.5. The van der Waals surface area contributed by atoms with E-state index in [-0.39, 0.29) is 75.8 Å². The largest absolute Gasteiger partial charge is 1.00 e. The van der Waals surface area contributed by atoms with Crippen molar-refractivity contribution >= 4 is 5.97 Å². The third-order valence-corrected chi connectivity index (χ3v) is 3.31. The van der Waals surface area contributed by atoms with E-state index in [2.05, 4.69) is 13.0 Å². The van der Waals surface area contributed by atoms with Crippen LogP contribution in [0.25, 0.3) is 0 Å². The molecule has 1 aliphatic rings. The number of hydrogen-bond donors (Lipinski definition) is 0. The zero-order valence-corrected chi connectivity index (χ0v) is 15.8. The number of benzene rings is 1. The van der Waals surface area contributed by atoms with Crippen molar-refractivity contribution in [2.24, 2.45) is 11.8 Å². The number of ether oxygens (including phenoxy) is 1. The van der Waals surface area contributed by atoms with E-state index in [9.17, 15) is 9.18 Å². The van der Waals surface area contributed by atoms with Crippen molar-refractivity contribution in [1.82, 2.24) is 0 Å². The summed E-state index contributed by atoms with van der Waals surface area (Å²) in [6.45, 7) is 2.20. The molecule has 2 rings (SSSR count). The molecular weight excluding hydrogens is 305 g/mol. The summed E-state index contributed by atoms with van der Waals surface area (Å²) in [5, 5.41) is 0. The minimum absolute atomic E-state index is 0. The fraction of sp³-hybridized carbons (Fsp3) is 0.500. The first-order valence-electron chi connectivity index (χ1n) is 6.04. The molecule has 0 aliphatic heterocycles. The van der Waals surface area contributed by atoms with Gasteiger partial charge < -0.3 is 4.74 Å². The molecule has 4 heteroatoms. The van der Waals surface area contributed by atoms with Gasteiger partial charge in [-0.3, -0.25) is 4.79 Å². The van der Waals surface area contributed by atoms with Gasteiger partial charge in [0.25, 0.3) is 0 Å². The van der Waals surface area contributed by atoms with Gasteiger partial charge in [-0.15, -0.1) is 12.1 Å². The molecule has 0 N–H and O–H groups in total. The molecular formula is C14H16FO2Rb. The summed E-state index contributed by atoms with van der Waals surface area (Å²) < 4.78 is 18.0. The molecule has 1 fully saturated rings. The molecule has 1 aromatic rings. The second-order valence-electron chi connectivity index (χ2n) is 4.75. The first-order valence-corrected chi connectivity index (χ1v) is 6.04. The third kappa shape index (κ3) is 4.84. The summed E-state index contributed by atoms with van der Waals surface area (Å²) in [7, 11) is 0. The number of esters is 1. The zero-order valence-electron chi connectivity index (χ0n) is 10.9. The Hall–Kier alpha value is 0.425. The third-order valence-electron chi connectivity index (χ3n) is 3.31. The molecule has 0 amide bonds. The molecule has 18 heavy (non-hydrogen) atoms. The molecule has 1 aliphatic carbocycles. The summed E-state index contributed by atoms with van der Waals surface area (Å²) in [4.78, 5) is 11.8. The fourth-order valence-electron chi connectivity index (χ4n) is 2.18. The van der Waals surface area contributed by atoms with Gasteiger partial charge in [-0.1, -0.05) is 13.0 Å². The minimum atomic E-state index is -0.507. The summed E-state index contributed by atoms with van der Waals surface area (Å²) in [5.41, 5.74) is 0. The Morgan fingerprint density at radius 1 is 1.39 bits per heavy atom. The fourth-order valence-corrected chi connectivity index (χ4v) is 2.18. The van der Waals surface area contributed by atoms with Crippen LogP contribution in [0.4, 0.5) is 4.39 Å². The van der Waals surface area contributed by atoms with Crippen molar-refractivity contribution in [3.8, 4) is 5.75 Å². The van der Waals surface area contributed by atoms with Gasteiger partial charge in [-0.05, 0) is 31.6 Å². The van der Waals surface area contributed by atoms with E-state index in [4.69, 9.17) is 4.74 Å². The normalized spacial score (nSPS) is 23.0. The van der Waals surface area contributed by atoms with Crippen molar-refractivity contribution < 1.29 is 72.1 Å². The van der Waals surface area contributed by atoms with Crippen LogP contribution >= 0.6 is 0 Å². The Kier molecular flexibility index (Phi) is 7.21. The monoisotopic (exact) mass is 320 g/mol. The number of halogens is 1. The van der Waals surface area contributed by atoms with Crippen LogP contribution in [0, 0.1) is 23.7 Å². The summed E-state index contributed by atoms with van der Waals surface area (Å²) >= 11 is 0. The molecule has 0 spiro atoms. The van der Waals surface area contributed by atoms with Crippen LogP contribution in [-0.2, 0) is 4.79 Å². The van der Waals surface area contributed by atoms with Gasteiger partial charge >= 0.3 is 64.2 Å². The van der Waals surface area contributed by atoms with Crippen molar-refractivity contribution in [2.75, 3.05) is 0 Å². The van der Waals surface area contributed by atoms with Gasteiger partial charge in [0.1, 0.15) is 0 Å². The maximum atomic E-state index is 12.9. The molecule has 1 saturated carbocycles. The van der Waals surface area contributed by atoms with Gasteiger partial charge in [0.05, 0.1) is 5.92 Å². The van der Waals surface area contributed by atoms with E-state index >= 15 is 0 Å². The van der Waals surface area contributed by atoms with Crippen LogP contribution in [0.15, 0.2) is 18.2 Å². The quantitative estimate of drug-likeness (QED) is 0.447. The maximum Gasteiger partial charge on any atom is 1.00 e. The Bertz CT molecular complexity index is 401. The smallest absolute Gasteiger partial charge is 0.453 e. The molecule has 0 atom stereocenters. The number of hydrogen-bond acceptors (Lipinski definition) is 2. The number of carbonyl (C=O) groups excluding carboxylic acids is 1. The van der Waals surface area contributed by atoms with E-state index in [0.717, 1.165) is 25.7 Å². The molecule has 92 valence electrons. The predicted octanol–water partition coefficient (Wildman–Crippen LogP) is 0.362. The van der Waals surface area contributed by atoms with Crippen molar-refractivity contribution in [3.63, 3.8) is 0 Å². The van der Waals surface area contributed by atoms with Crippen LogP contribution in [0.2, 0.25) is 0 Å². The van der Waals surface area contributed by atoms with Gasteiger partial charge in [0.15, 0.2) is 0 Å². The Morgan fingerprint density at radius 3 is 2.67 bits per heavy atom. The SMILES string of the molecule is CC1CCC(C(=O)Oc2cc[c-]c(F)c2)CC1.[Rb+]. The maximum absolute atomic E-state index is 12.9.